The molecule has 0 bridgehead atoms. The molecule has 1 spiro atoms. The topological polar surface area (TPSA) is 58.7 Å². The molecule has 3 heterocycles. The van der Waals surface area contributed by atoms with Crippen LogP contribution >= 0.6 is 11.6 Å². The number of methoxy groups -OCH3 is 1. The number of ether oxygens (including phenoxy) is 6. The molecule has 7 heteroatoms. The average molecular weight is 371 g/mol. The Morgan fingerprint density at radius 2 is 1.88 bits per heavy atom. The minimum absolute atomic E-state index is 0.187. The van der Waals surface area contributed by atoms with Crippen LogP contribution in [-0.4, -0.2) is 49.5 Å². The third kappa shape index (κ3) is 3.27. The zero-order chi connectivity index (χ0) is 17.7. The number of halogens is 1. The van der Waals surface area contributed by atoms with E-state index in [0.29, 0.717) is 19.6 Å². The number of benzene rings is 1. The Balaban J connectivity index is 1.51. The first-order valence-electron chi connectivity index (χ1n) is 8.48. The molecule has 1 aromatic rings. The molecule has 0 radical (unpaired) electrons. The highest BCUT2D eigenvalue weighted by Crippen LogP contribution is 2.51. The quantitative estimate of drug-likeness (QED) is 0.602. The van der Waals surface area contributed by atoms with Gasteiger partial charge in [0.05, 0.1) is 26.4 Å². The van der Waals surface area contributed by atoms with Gasteiger partial charge in [-0.2, -0.15) is 0 Å². The van der Waals surface area contributed by atoms with Crippen molar-refractivity contribution in [1.82, 2.24) is 0 Å². The predicted octanol–water partition coefficient (Wildman–Crippen LogP) is 2.98. The number of hydrogen-bond donors (Lipinski definition) is 0. The fourth-order valence-electron chi connectivity index (χ4n) is 3.37. The van der Waals surface area contributed by atoms with Crippen LogP contribution in [0.15, 0.2) is 24.3 Å². The molecule has 0 aliphatic carbocycles. The van der Waals surface area contributed by atoms with E-state index in [0.717, 1.165) is 11.3 Å². The van der Waals surface area contributed by atoms with E-state index in [1.807, 2.05) is 38.1 Å². The largest absolute Gasteiger partial charge is 0.497 e. The molecule has 0 amide bonds. The average Bonchev–Trinajstić information content (AvgIpc) is 3.28. The lowest BCUT2D eigenvalue weighted by Crippen LogP contribution is -2.58. The van der Waals surface area contributed by atoms with Crippen LogP contribution < -0.4 is 4.74 Å². The number of alkyl halides is 1. The predicted molar refractivity (Wildman–Crippen MR) is 89.5 cm³/mol. The number of rotatable bonds is 3. The maximum Gasteiger partial charge on any atom is 0.184 e. The monoisotopic (exact) mass is 370 g/mol. The highest BCUT2D eigenvalue weighted by atomic mass is 35.5. The van der Waals surface area contributed by atoms with Gasteiger partial charge in [0.25, 0.3) is 0 Å². The van der Waals surface area contributed by atoms with Gasteiger partial charge in [-0.25, -0.2) is 0 Å². The van der Waals surface area contributed by atoms with Crippen molar-refractivity contribution in [2.24, 2.45) is 0 Å². The van der Waals surface area contributed by atoms with Gasteiger partial charge in [0.1, 0.15) is 11.9 Å². The molecular weight excluding hydrogens is 348 g/mol. The van der Waals surface area contributed by atoms with E-state index >= 15 is 0 Å². The second-order valence-corrected chi connectivity index (χ2v) is 7.45. The highest BCUT2D eigenvalue weighted by Gasteiger charge is 2.68. The second-order valence-electron chi connectivity index (χ2n) is 7.05. The first-order valence-corrected chi connectivity index (χ1v) is 8.92. The molecular formula is C18H23ClO6. The molecule has 3 fully saturated rings. The van der Waals surface area contributed by atoms with Gasteiger partial charge in [0, 0.05) is 5.56 Å². The molecule has 1 aromatic carbocycles. The Labute approximate surface area is 152 Å². The summed E-state index contributed by atoms with van der Waals surface area (Å²) < 4.78 is 34.8. The van der Waals surface area contributed by atoms with Gasteiger partial charge in [-0.15, -0.1) is 0 Å². The van der Waals surface area contributed by atoms with Crippen LogP contribution in [-0.2, 0) is 23.7 Å². The first-order chi connectivity index (χ1) is 11.9. The van der Waals surface area contributed by atoms with E-state index in [1.165, 1.54) is 0 Å². The van der Waals surface area contributed by atoms with Crippen LogP contribution in [0.4, 0.5) is 0 Å². The van der Waals surface area contributed by atoms with E-state index in [-0.39, 0.29) is 12.2 Å². The summed E-state index contributed by atoms with van der Waals surface area (Å²) >= 11 is 6.23. The third-order valence-electron chi connectivity index (χ3n) is 4.88. The van der Waals surface area contributed by atoms with Crippen molar-refractivity contribution in [2.45, 2.75) is 55.7 Å². The molecule has 0 aromatic heterocycles. The van der Waals surface area contributed by atoms with E-state index < -0.39 is 23.2 Å². The zero-order valence-electron chi connectivity index (χ0n) is 14.6. The first kappa shape index (κ1) is 17.5. The van der Waals surface area contributed by atoms with Crippen LogP contribution in [0.5, 0.6) is 5.75 Å². The smallest absolute Gasteiger partial charge is 0.184 e. The maximum atomic E-state index is 6.23. The summed E-state index contributed by atoms with van der Waals surface area (Å²) in [6, 6.07) is 7.66. The van der Waals surface area contributed by atoms with Crippen LogP contribution in [0.3, 0.4) is 0 Å². The van der Waals surface area contributed by atoms with Crippen LogP contribution in [0, 0.1) is 0 Å². The zero-order valence-corrected chi connectivity index (χ0v) is 15.3. The fourth-order valence-corrected chi connectivity index (χ4v) is 3.72. The lowest BCUT2D eigenvalue weighted by atomic mass is 9.94. The summed E-state index contributed by atoms with van der Waals surface area (Å²) in [6.07, 6.45) is -0.234. The molecule has 3 aliphatic heterocycles. The molecule has 5 atom stereocenters. The Bertz CT molecular complexity index is 620. The molecule has 0 saturated carbocycles. The molecule has 4 rings (SSSR count). The summed E-state index contributed by atoms with van der Waals surface area (Å²) in [5.41, 5.74) is -0.117. The molecule has 0 N–H and O–H groups in total. The van der Waals surface area contributed by atoms with Crippen LogP contribution in [0.25, 0.3) is 0 Å². The molecule has 1 unspecified atom stereocenters. The van der Waals surface area contributed by atoms with E-state index in [4.69, 9.17) is 40.0 Å². The van der Waals surface area contributed by atoms with Crippen molar-refractivity contribution < 1.29 is 28.4 Å². The van der Waals surface area contributed by atoms with Gasteiger partial charge in [0.15, 0.2) is 23.2 Å². The van der Waals surface area contributed by atoms with Crippen LogP contribution in [0.1, 0.15) is 32.1 Å². The molecule has 3 aliphatic rings. The van der Waals surface area contributed by atoms with Crippen molar-refractivity contribution in [3.05, 3.63) is 29.8 Å². The fraction of sp³-hybridized carbons (Fsp3) is 0.667. The van der Waals surface area contributed by atoms with Gasteiger partial charge in [0.2, 0.25) is 0 Å². The van der Waals surface area contributed by atoms with Crippen molar-refractivity contribution in [3.8, 4) is 5.75 Å². The molecule has 25 heavy (non-hydrogen) atoms. The van der Waals surface area contributed by atoms with Crippen LogP contribution in [0.2, 0.25) is 0 Å². The Morgan fingerprint density at radius 3 is 2.52 bits per heavy atom. The summed E-state index contributed by atoms with van der Waals surface area (Å²) in [4.78, 5) is 0. The molecule has 6 nitrogen and oxygen atoms in total. The summed E-state index contributed by atoms with van der Waals surface area (Å²) in [7, 11) is 1.64. The Hall–Kier alpha value is -0.890. The van der Waals surface area contributed by atoms with Gasteiger partial charge in [-0.05, 0) is 32.4 Å². The SMILES string of the molecule is COc1ccc([C@@H]2OCC[C@H]([C@@H]3OC(C)(C)OC[C@]34OC4Cl)O2)cc1. The standard InChI is InChI=1S/C18H23ClO6/c1-17(2)22-10-18(16(19)25-18)14(24-17)13-8-9-21-15(23-13)11-4-6-12(20-3)7-5-11/h4-7,13-16H,8-10H2,1-3H3/t13-,14+,15-,16?,18+/m1/s1. The minimum Gasteiger partial charge on any atom is -0.497 e. The summed E-state index contributed by atoms with van der Waals surface area (Å²) in [5.74, 6) is 0.0939. The van der Waals surface area contributed by atoms with Crippen molar-refractivity contribution >= 4 is 11.6 Å². The normalized spacial score (nSPS) is 40.0. The maximum absolute atomic E-state index is 6.23. The van der Waals surface area contributed by atoms with E-state index in [1.54, 1.807) is 7.11 Å². The van der Waals surface area contributed by atoms with Gasteiger partial charge < -0.3 is 28.4 Å². The second kappa shape index (κ2) is 6.37. The Morgan fingerprint density at radius 1 is 1.16 bits per heavy atom. The summed E-state index contributed by atoms with van der Waals surface area (Å²) in [5, 5.41) is 0. The van der Waals surface area contributed by atoms with Gasteiger partial charge >= 0.3 is 0 Å². The highest BCUT2D eigenvalue weighted by molar-refractivity contribution is 6.22. The molecule has 3 saturated heterocycles. The van der Waals surface area contributed by atoms with E-state index in [2.05, 4.69) is 0 Å². The Kier molecular flexibility index (Phi) is 4.46. The number of epoxide rings is 1. The lowest BCUT2D eigenvalue weighted by molar-refractivity contribution is -0.336. The third-order valence-corrected chi connectivity index (χ3v) is 5.34. The minimum atomic E-state index is -0.699. The van der Waals surface area contributed by atoms with Crippen molar-refractivity contribution in [1.29, 1.82) is 0 Å². The number of hydrogen-bond acceptors (Lipinski definition) is 6. The van der Waals surface area contributed by atoms with Gasteiger partial charge in [-0.3, -0.25) is 0 Å². The van der Waals surface area contributed by atoms with Crippen molar-refractivity contribution in [2.75, 3.05) is 20.3 Å². The summed E-state index contributed by atoms with van der Waals surface area (Å²) in [6.45, 7) is 4.75. The van der Waals surface area contributed by atoms with Gasteiger partial charge in [-0.1, -0.05) is 23.7 Å². The van der Waals surface area contributed by atoms with Crippen molar-refractivity contribution in [3.63, 3.8) is 0 Å². The van der Waals surface area contributed by atoms with E-state index in [9.17, 15) is 0 Å². The molecule has 138 valence electrons. The lowest BCUT2D eigenvalue weighted by Gasteiger charge is -2.44.